The van der Waals surface area contributed by atoms with Crippen molar-refractivity contribution in [3.63, 3.8) is 0 Å². The summed E-state index contributed by atoms with van der Waals surface area (Å²) in [6.07, 6.45) is -0.547. The van der Waals surface area contributed by atoms with E-state index >= 15 is 0 Å². The molecular weight excluding hydrogens is 184 g/mol. The summed E-state index contributed by atoms with van der Waals surface area (Å²) in [7, 11) is 0. The number of aliphatic carboxylic acids is 1. The quantitative estimate of drug-likeness (QED) is 0.768. The van der Waals surface area contributed by atoms with Crippen LogP contribution in [0.15, 0.2) is 24.3 Å². The van der Waals surface area contributed by atoms with Gasteiger partial charge < -0.3 is 14.9 Å². The monoisotopic (exact) mass is 196 g/mol. The number of benzene rings is 1. The maximum Gasteiger partial charge on any atom is 0.307 e. The van der Waals surface area contributed by atoms with Crippen LogP contribution in [0.2, 0.25) is 0 Å². The van der Waals surface area contributed by atoms with E-state index in [-0.39, 0.29) is 12.2 Å². The van der Waals surface area contributed by atoms with E-state index in [1.807, 2.05) is 0 Å². The summed E-state index contributed by atoms with van der Waals surface area (Å²) in [5.74, 6) is -0.598. The SMILES string of the molecule is CC(CC(=O)O)Oc1ccccc1O. The number of ether oxygens (including phenoxy) is 1. The Kier molecular flexibility index (Phi) is 3.34. The van der Waals surface area contributed by atoms with Crippen LogP contribution >= 0.6 is 0 Å². The van der Waals surface area contributed by atoms with Gasteiger partial charge in [-0.3, -0.25) is 4.79 Å². The second kappa shape index (κ2) is 4.50. The first-order valence-corrected chi connectivity index (χ1v) is 4.26. The molecule has 0 aromatic heterocycles. The maximum atomic E-state index is 10.3. The van der Waals surface area contributed by atoms with Crippen LogP contribution in [-0.4, -0.2) is 22.3 Å². The third kappa shape index (κ3) is 2.97. The summed E-state index contributed by atoms with van der Waals surface area (Å²) in [5.41, 5.74) is 0. The molecule has 1 aromatic rings. The van der Waals surface area contributed by atoms with Crippen molar-refractivity contribution in [3.8, 4) is 11.5 Å². The molecule has 0 aliphatic heterocycles. The second-order valence-electron chi connectivity index (χ2n) is 2.99. The number of aromatic hydroxyl groups is 1. The van der Waals surface area contributed by atoms with E-state index in [2.05, 4.69) is 0 Å². The van der Waals surface area contributed by atoms with Gasteiger partial charge in [-0.15, -0.1) is 0 Å². The van der Waals surface area contributed by atoms with Crippen molar-refractivity contribution in [2.24, 2.45) is 0 Å². The number of hydrogen-bond donors (Lipinski definition) is 2. The lowest BCUT2D eigenvalue weighted by Crippen LogP contribution is -2.16. The third-order valence-electron chi connectivity index (χ3n) is 1.66. The summed E-state index contributed by atoms with van der Waals surface area (Å²) in [5, 5.41) is 17.8. The Morgan fingerprint density at radius 1 is 1.50 bits per heavy atom. The van der Waals surface area contributed by atoms with E-state index in [0.29, 0.717) is 5.75 Å². The highest BCUT2D eigenvalue weighted by Crippen LogP contribution is 2.25. The molecule has 0 aliphatic carbocycles. The van der Waals surface area contributed by atoms with Gasteiger partial charge in [-0.05, 0) is 19.1 Å². The van der Waals surface area contributed by atoms with Gasteiger partial charge in [0.05, 0.1) is 6.42 Å². The molecule has 0 radical (unpaired) electrons. The molecule has 76 valence electrons. The summed E-state index contributed by atoms with van der Waals surface area (Å²) in [4.78, 5) is 10.3. The van der Waals surface area contributed by atoms with E-state index < -0.39 is 12.1 Å². The van der Waals surface area contributed by atoms with Crippen molar-refractivity contribution < 1.29 is 19.7 Å². The smallest absolute Gasteiger partial charge is 0.307 e. The molecule has 0 fully saturated rings. The number of carbonyl (C=O) groups is 1. The molecule has 0 aliphatic rings. The van der Waals surface area contributed by atoms with Crippen LogP contribution in [0.5, 0.6) is 11.5 Å². The zero-order valence-corrected chi connectivity index (χ0v) is 7.80. The van der Waals surface area contributed by atoms with Gasteiger partial charge in [0.2, 0.25) is 0 Å². The molecule has 2 N–H and O–H groups in total. The van der Waals surface area contributed by atoms with Crippen LogP contribution < -0.4 is 4.74 Å². The fourth-order valence-corrected chi connectivity index (χ4v) is 1.06. The van der Waals surface area contributed by atoms with Crippen LogP contribution in [0, 0.1) is 0 Å². The molecule has 1 unspecified atom stereocenters. The van der Waals surface area contributed by atoms with Gasteiger partial charge in [0.1, 0.15) is 6.10 Å². The summed E-state index contributed by atoms with van der Waals surface area (Å²) in [6, 6.07) is 6.46. The van der Waals surface area contributed by atoms with Gasteiger partial charge in [0.25, 0.3) is 0 Å². The number of hydrogen-bond acceptors (Lipinski definition) is 3. The molecule has 0 amide bonds. The highest BCUT2D eigenvalue weighted by atomic mass is 16.5. The Hall–Kier alpha value is -1.71. The van der Waals surface area contributed by atoms with Crippen LogP contribution in [0.4, 0.5) is 0 Å². The van der Waals surface area contributed by atoms with Gasteiger partial charge in [-0.1, -0.05) is 12.1 Å². The fourth-order valence-electron chi connectivity index (χ4n) is 1.06. The standard InChI is InChI=1S/C10H12O4/c1-7(6-10(12)13)14-9-5-3-2-4-8(9)11/h2-5,7,11H,6H2,1H3,(H,12,13). The summed E-state index contributed by atoms with van der Waals surface area (Å²) >= 11 is 0. The number of phenolic OH excluding ortho intramolecular Hbond substituents is 1. The van der Waals surface area contributed by atoms with Crippen LogP contribution in [-0.2, 0) is 4.79 Å². The molecule has 1 atom stereocenters. The first kappa shape index (κ1) is 10.4. The van der Waals surface area contributed by atoms with Crippen molar-refractivity contribution in [2.45, 2.75) is 19.4 Å². The largest absolute Gasteiger partial charge is 0.504 e. The Morgan fingerprint density at radius 3 is 2.71 bits per heavy atom. The van der Waals surface area contributed by atoms with Gasteiger partial charge in [0.15, 0.2) is 11.5 Å². The predicted octanol–water partition coefficient (Wildman–Crippen LogP) is 1.63. The van der Waals surface area contributed by atoms with Crippen molar-refractivity contribution >= 4 is 5.97 Å². The molecule has 0 spiro atoms. The molecule has 0 heterocycles. The zero-order chi connectivity index (χ0) is 10.6. The lowest BCUT2D eigenvalue weighted by molar-refractivity contribution is -0.138. The molecule has 4 nitrogen and oxygen atoms in total. The number of rotatable bonds is 4. The number of carboxylic acid groups (broad SMARTS) is 1. The van der Waals surface area contributed by atoms with Crippen molar-refractivity contribution in [1.29, 1.82) is 0 Å². The Balaban J connectivity index is 2.60. The topological polar surface area (TPSA) is 66.8 Å². The lowest BCUT2D eigenvalue weighted by atomic mass is 10.2. The summed E-state index contributed by atoms with van der Waals surface area (Å²) < 4.78 is 5.23. The average molecular weight is 196 g/mol. The van der Waals surface area contributed by atoms with Crippen molar-refractivity contribution in [3.05, 3.63) is 24.3 Å². The van der Waals surface area contributed by atoms with Gasteiger partial charge in [-0.2, -0.15) is 0 Å². The number of para-hydroxylation sites is 2. The van der Waals surface area contributed by atoms with Gasteiger partial charge >= 0.3 is 5.97 Å². The molecule has 0 bridgehead atoms. The van der Waals surface area contributed by atoms with Crippen LogP contribution in [0.3, 0.4) is 0 Å². The van der Waals surface area contributed by atoms with E-state index in [9.17, 15) is 9.90 Å². The molecule has 14 heavy (non-hydrogen) atoms. The minimum absolute atomic E-state index is 0.0183. The molecule has 4 heteroatoms. The maximum absolute atomic E-state index is 10.3. The second-order valence-corrected chi connectivity index (χ2v) is 2.99. The molecule has 0 saturated heterocycles. The highest BCUT2D eigenvalue weighted by molar-refractivity contribution is 5.67. The Labute approximate surface area is 81.8 Å². The predicted molar refractivity (Wildman–Crippen MR) is 50.4 cm³/mol. The van der Waals surface area contributed by atoms with E-state index in [4.69, 9.17) is 9.84 Å². The minimum atomic E-state index is -0.923. The molecule has 1 rings (SSSR count). The normalized spacial score (nSPS) is 12.1. The van der Waals surface area contributed by atoms with Crippen LogP contribution in [0.1, 0.15) is 13.3 Å². The minimum Gasteiger partial charge on any atom is -0.504 e. The first-order valence-electron chi connectivity index (χ1n) is 4.26. The summed E-state index contributed by atoms with van der Waals surface area (Å²) in [6.45, 7) is 1.64. The zero-order valence-electron chi connectivity index (χ0n) is 7.80. The highest BCUT2D eigenvalue weighted by Gasteiger charge is 2.10. The number of phenols is 1. The molecule has 1 aromatic carbocycles. The average Bonchev–Trinajstić information content (AvgIpc) is 2.07. The van der Waals surface area contributed by atoms with Gasteiger partial charge in [-0.25, -0.2) is 0 Å². The Morgan fingerprint density at radius 2 is 2.14 bits per heavy atom. The van der Waals surface area contributed by atoms with Gasteiger partial charge in [0, 0.05) is 0 Å². The molecule has 0 saturated carbocycles. The van der Waals surface area contributed by atoms with E-state index in [0.717, 1.165) is 0 Å². The van der Waals surface area contributed by atoms with Crippen molar-refractivity contribution in [1.82, 2.24) is 0 Å². The fraction of sp³-hybridized carbons (Fsp3) is 0.300. The van der Waals surface area contributed by atoms with E-state index in [1.54, 1.807) is 25.1 Å². The number of carboxylic acids is 1. The first-order chi connectivity index (χ1) is 6.59. The lowest BCUT2D eigenvalue weighted by Gasteiger charge is -2.13. The van der Waals surface area contributed by atoms with Crippen LogP contribution in [0.25, 0.3) is 0 Å². The molecular formula is C10H12O4. The van der Waals surface area contributed by atoms with E-state index in [1.165, 1.54) is 6.07 Å². The Bertz CT molecular complexity index is 322. The van der Waals surface area contributed by atoms with Crippen molar-refractivity contribution in [2.75, 3.05) is 0 Å². The third-order valence-corrected chi connectivity index (χ3v) is 1.66.